The normalized spacial score (nSPS) is 22.1. The second kappa shape index (κ2) is 7.07. The molecule has 5 nitrogen and oxygen atoms in total. The minimum atomic E-state index is -0.755. The van der Waals surface area contributed by atoms with E-state index in [-0.39, 0.29) is 11.9 Å². The van der Waals surface area contributed by atoms with E-state index in [4.69, 9.17) is 4.74 Å². The van der Waals surface area contributed by atoms with Gasteiger partial charge in [-0.25, -0.2) is 0 Å². The molecular formula is C15H28N2O3. The third-order valence-electron chi connectivity index (χ3n) is 3.62. The highest BCUT2D eigenvalue weighted by molar-refractivity contribution is 5.98. The lowest BCUT2D eigenvalue weighted by Crippen LogP contribution is -2.51. The van der Waals surface area contributed by atoms with Gasteiger partial charge in [-0.2, -0.15) is 0 Å². The van der Waals surface area contributed by atoms with E-state index in [0.717, 1.165) is 25.9 Å². The SMILES string of the molecule is CCOC(=O)C(C(=O)NC1CCCN(C)C1)C(C)(C)C. The maximum atomic E-state index is 12.5. The molecule has 116 valence electrons. The minimum Gasteiger partial charge on any atom is -0.465 e. The number of rotatable bonds is 4. The molecule has 0 aromatic rings. The predicted molar refractivity (Wildman–Crippen MR) is 78.2 cm³/mol. The molecule has 0 aliphatic carbocycles. The number of likely N-dealkylation sites (tertiary alicyclic amines) is 1. The molecule has 0 saturated carbocycles. The molecule has 5 heteroatoms. The van der Waals surface area contributed by atoms with Crippen LogP contribution in [0.1, 0.15) is 40.5 Å². The average Bonchev–Trinajstić information content (AvgIpc) is 2.26. The smallest absolute Gasteiger partial charge is 0.319 e. The summed E-state index contributed by atoms with van der Waals surface area (Å²) in [5.41, 5.74) is -0.448. The molecule has 0 aromatic carbocycles. The van der Waals surface area contributed by atoms with Gasteiger partial charge < -0.3 is 15.0 Å². The first-order valence-corrected chi connectivity index (χ1v) is 7.41. The van der Waals surface area contributed by atoms with Crippen molar-refractivity contribution in [2.24, 2.45) is 11.3 Å². The van der Waals surface area contributed by atoms with Crippen molar-refractivity contribution in [3.8, 4) is 0 Å². The van der Waals surface area contributed by atoms with Crippen LogP contribution in [-0.4, -0.2) is 49.6 Å². The van der Waals surface area contributed by atoms with Crippen LogP contribution in [0, 0.1) is 11.3 Å². The van der Waals surface area contributed by atoms with E-state index in [1.165, 1.54) is 0 Å². The Kier molecular flexibility index (Phi) is 5.99. The van der Waals surface area contributed by atoms with Gasteiger partial charge in [-0.3, -0.25) is 9.59 Å². The fourth-order valence-corrected chi connectivity index (χ4v) is 2.65. The van der Waals surface area contributed by atoms with Crippen LogP contribution < -0.4 is 5.32 Å². The number of esters is 1. The molecule has 1 fully saturated rings. The summed E-state index contributed by atoms with van der Waals surface area (Å²) in [4.78, 5) is 26.7. The van der Waals surface area contributed by atoms with Crippen molar-refractivity contribution in [3.63, 3.8) is 0 Å². The zero-order valence-corrected chi connectivity index (χ0v) is 13.4. The van der Waals surface area contributed by atoms with Gasteiger partial charge in [0, 0.05) is 12.6 Å². The molecule has 20 heavy (non-hydrogen) atoms. The summed E-state index contributed by atoms with van der Waals surface area (Å²) in [6, 6.07) is 0.125. The molecule has 1 aliphatic heterocycles. The molecule has 0 aromatic heterocycles. The fourth-order valence-electron chi connectivity index (χ4n) is 2.65. The van der Waals surface area contributed by atoms with Gasteiger partial charge >= 0.3 is 5.97 Å². The molecule has 0 bridgehead atoms. The minimum absolute atomic E-state index is 0.125. The van der Waals surface area contributed by atoms with E-state index in [2.05, 4.69) is 10.2 Å². The first-order chi connectivity index (χ1) is 9.25. The standard InChI is InChI=1S/C15H28N2O3/c1-6-20-14(19)12(15(2,3)4)13(18)16-11-8-7-9-17(5)10-11/h11-12H,6-10H2,1-5H3,(H,16,18). The average molecular weight is 284 g/mol. The van der Waals surface area contributed by atoms with E-state index in [0.29, 0.717) is 6.61 Å². The van der Waals surface area contributed by atoms with E-state index in [1.54, 1.807) is 6.92 Å². The Labute approximate surface area is 122 Å². The van der Waals surface area contributed by atoms with Gasteiger partial charge in [0.1, 0.15) is 5.92 Å². The Morgan fingerprint density at radius 2 is 2.05 bits per heavy atom. The first kappa shape index (κ1) is 17.0. The molecule has 2 unspecified atom stereocenters. The molecule has 2 atom stereocenters. The molecule has 0 radical (unpaired) electrons. The Morgan fingerprint density at radius 3 is 2.55 bits per heavy atom. The van der Waals surface area contributed by atoms with Crippen LogP contribution in [0.4, 0.5) is 0 Å². The van der Waals surface area contributed by atoms with Gasteiger partial charge in [0.25, 0.3) is 0 Å². The topological polar surface area (TPSA) is 58.6 Å². The van der Waals surface area contributed by atoms with Crippen molar-refractivity contribution in [1.29, 1.82) is 0 Å². The number of carbonyl (C=O) groups is 2. The van der Waals surface area contributed by atoms with Crippen LogP contribution in [-0.2, 0) is 14.3 Å². The molecule has 1 amide bonds. The monoisotopic (exact) mass is 284 g/mol. The number of nitrogens with one attached hydrogen (secondary N) is 1. The largest absolute Gasteiger partial charge is 0.465 e. The predicted octanol–water partition coefficient (Wildman–Crippen LogP) is 1.42. The van der Waals surface area contributed by atoms with Crippen LogP contribution in [0.5, 0.6) is 0 Å². The maximum absolute atomic E-state index is 12.5. The third kappa shape index (κ3) is 4.78. The summed E-state index contributed by atoms with van der Waals surface area (Å²) < 4.78 is 5.05. The number of hydrogen-bond donors (Lipinski definition) is 1. The maximum Gasteiger partial charge on any atom is 0.319 e. The number of nitrogens with zero attached hydrogens (tertiary/aromatic N) is 1. The van der Waals surface area contributed by atoms with Crippen LogP contribution in [0.15, 0.2) is 0 Å². The van der Waals surface area contributed by atoms with Crippen LogP contribution >= 0.6 is 0 Å². The van der Waals surface area contributed by atoms with Crippen molar-refractivity contribution in [2.45, 2.75) is 46.6 Å². The van der Waals surface area contributed by atoms with Crippen molar-refractivity contribution < 1.29 is 14.3 Å². The van der Waals surface area contributed by atoms with Gasteiger partial charge in [0.2, 0.25) is 5.91 Å². The fraction of sp³-hybridized carbons (Fsp3) is 0.867. The molecule has 1 heterocycles. The summed E-state index contributed by atoms with van der Waals surface area (Å²) >= 11 is 0. The molecule has 1 rings (SSSR count). The lowest BCUT2D eigenvalue weighted by molar-refractivity contribution is -0.157. The zero-order chi connectivity index (χ0) is 15.3. The summed E-state index contributed by atoms with van der Waals surface area (Å²) in [7, 11) is 2.05. The number of amides is 1. The van der Waals surface area contributed by atoms with Gasteiger partial charge in [0.05, 0.1) is 6.61 Å². The summed E-state index contributed by atoms with van der Waals surface area (Å²) in [5, 5.41) is 3.01. The highest BCUT2D eigenvalue weighted by Crippen LogP contribution is 2.27. The summed E-state index contributed by atoms with van der Waals surface area (Å²) in [6.07, 6.45) is 2.04. The number of ether oxygens (including phenoxy) is 1. The second-order valence-electron chi connectivity index (χ2n) is 6.66. The quantitative estimate of drug-likeness (QED) is 0.626. The first-order valence-electron chi connectivity index (χ1n) is 7.41. The highest BCUT2D eigenvalue weighted by atomic mass is 16.5. The summed E-state index contributed by atoms with van der Waals surface area (Å²) in [6.45, 7) is 9.62. The van der Waals surface area contributed by atoms with Crippen LogP contribution in [0.3, 0.4) is 0 Å². The third-order valence-corrected chi connectivity index (χ3v) is 3.62. The second-order valence-corrected chi connectivity index (χ2v) is 6.66. The number of carbonyl (C=O) groups excluding carboxylic acids is 2. The summed E-state index contributed by atoms with van der Waals surface area (Å²) in [5.74, 6) is -1.40. The van der Waals surface area contributed by atoms with E-state index < -0.39 is 17.3 Å². The highest BCUT2D eigenvalue weighted by Gasteiger charge is 2.39. The Balaban J connectivity index is 2.70. The molecule has 1 aliphatic rings. The van der Waals surface area contributed by atoms with E-state index in [9.17, 15) is 9.59 Å². The van der Waals surface area contributed by atoms with Crippen molar-refractivity contribution in [2.75, 3.05) is 26.7 Å². The number of piperidine rings is 1. The van der Waals surface area contributed by atoms with Gasteiger partial charge in [0.15, 0.2) is 0 Å². The van der Waals surface area contributed by atoms with Crippen LogP contribution in [0.25, 0.3) is 0 Å². The molecular weight excluding hydrogens is 256 g/mol. The molecule has 1 saturated heterocycles. The lowest BCUT2D eigenvalue weighted by Gasteiger charge is -2.33. The van der Waals surface area contributed by atoms with Crippen molar-refractivity contribution in [1.82, 2.24) is 10.2 Å². The molecule has 1 N–H and O–H groups in total. The number of likely N-dealkylation sites (N-methyl/N-ethyl adjacent to an activating group) is 1. The van der Waals surface area contributed by atoms with Gasteiger partial charge in [-0.1, -0.05) is 20.8 Å². The van der Waals surface area contributed by atoms with Crippen molar-refractivity contribution in [3.05, 3.63) is 0 Å². The lowest BCUT2D eigenvalue weighted by atomic mass is 9.80. The Bertz CT molecular complexity index is 350. The van der Waals surface area contributed by atoms with Crippen molar-refractivity contribution >= 4 is 11.9 Å². The Hall–Kier alpha value is -1.10. The zero-order valence-electron chi connectivity index (χ0n) is 13.4. The van der Waals surface area contributed by atoms with E-state index >= 15 is 0 Å². The van der Waals surface area contributed by atoms with Gasteiger partial charge in [-0.15, -0.1) is 0 Å². The Morgan fingerprint density at radius 1 is 1.40 bits per heavy atom. The van der Waals surface area contributed by atoms with E-state index in [1.807, 2.05) is 27.8 Å². The van der Waals surface area contributed by atoms with Gasteiger partial charge in [-0.05, 0) is 38.8 Å². The van der Waals surface area contributed by atoms with Crippen LogP contribution in [0.2, 0.25) is 0 Å². The molecule has 0 spiro atoms. The number of hydrogen-bond acceptors (Lipinski definition) is 4.